The fourth-order valence-electron chi connectivity index (χ4n) is 3.30. The van der Waals surface area contributed by atoms with Crippen LogP contribution in [-0.4, -0.2) is 49.8 Å². The van der Waals surface area contributed by atoms with E-state index in [1.54, 1.807) is 13.2 Å². The molecule has 0 atom stereocenters. The maximum Gasteiger partial charge on any atom is 0.104 e. The molecule has 0 aromatic heterocycles. The maximum atomic E-state index is 13.5. The van der Waals surface area contributed by atoms with Gasteiger partial charge in [-0.3, -0.25) is 0 Å². The van der Waals surface area contributed by atoms with Gasteiger partial charge in [0.15, 0.2) is 0 Å². The third-order valence-electron chi connectivity index (χ3n) is 4.61. The van der Waals surface area contributed by atoms with E-state index in [0.717, 1.165) is 51.0 Å². The number of nitrogens with one attached hydrogen (secondary N) is 1. The summed E-state index contributed by atoms with van der Waals surface area (Å²) in [6.07, 6.45) is 11.4. The number of hydrogen-bond donors (Lipinski definition) is 1. The van der Waals surface area contributed by atoms with Crippen LogP contribution in [0.3, 0.4) is 0 Å². The van der Waals surface area contributed by atoms with Gasteiger partial charge in [0.05, 0.1) is 6.10 Å². The van der Waals surface area contributed by atoms with Crippen LogP contribution < -0.4 is 5.32 Å². The highest BCUT2D eigenvalue weighted by Crippen LogP contribution is 2.18. The third-order valence-corrected chi connectivity index (χ3v) is 4.61. The first-order chi connectivity index (χ1) is 11.0. The molecule has 1 fully saturated rings. The van der Waals surface area contributed by atoms with Gasteiger partial charge in [-0.05, 0) is 51.3 Å². The van der Waals surface area contributed by atoms with Gasteiger partial charge in [0, 0.05) is 38.7 Å². The second kappa shape index (κ2) is 8.76. The highest BCUT2D eigenvalue weighted by atomic mass is 19.1. The summed E-state index contributed by atoms with van der Waals surface area (Å²) in [5.74, 6) is -0.0507. The van der Waals surface area contributed by atoms with Crippen molar-refractivity contribution in [2.75, 3.05) is 33.3 Å². The van der Waals surface area contributed by atoms with Gasteiger partial charge in [-0.1, -0.05) is 18.2 Å². The lowest BCUT2D eigenvalue weighted by Crippen LogP contribution is -2.51. The molecule has 0 radical (unpaired) electrons. The number of allylic oxidation sites excluding steroid dienone is 5. The van der Waals surface area contributed by atoms with Crippen molar-refractivity contribution in [2.24, 2.45) is 0 Å². The minimum Gasteiger partial charge on any atom is -0.381 e. The molecule has 0 amide bonds. The number of hydrogen-bond acceptors (Lipinski definition) is 3. The minimum absolute atomic E-state index is 0.0507. The number of rotatable bonds is 7. The second-order valence-electron chi connectivity index (χ2n) is 7.24. The lowest BCUT2D eigenvalue weighted by Gasteiger charge is -2.37. The fourth-order valence-corrected chi connectivity index (χ4v) is 3.30. The molecule has 4 heteroatoms. The molecule has 130 valence electrons. The van der Waals surface area contributed by atoms with Crippen LogP contribution in [0.5, 0.6) is 0 Å². The summed E-state index contributed by atoms with van der Waals surface area (Å²) in [4.78, 5) is 2.51. The smallest absolute Gasteiger partial charge is 0.104 e. The third kappa shape index (κ3) is 6.58. The van der Waals surface area contributed by atoms with Crippen LogP contribution >= 0.6 is 0 Å². The first-order valence-electron chi connectivity index (χ1n) is 8.70. The van der Waals surface area contributed by atoms with Crippen molar-refractivity contribution in [3.8, 4) is 0 Å². The molecule has 0 bridgehead atoms. The minimum atomic E-state index is -0.0507. The average molecular weight is 322 g/mol. The van der Waals surface area contributed by atoms with Crippen molar-refractivity contribution in [2.45, 2.75) is 51.2 Å². The van der Waals surface area contributed by atoms with Crippen molar-refractivity contribution in [3.05, 3.63) is 35.7 Å². The molecule has 0 saturated carbocycles. The molecule has 2 aliphatic rings. The Morgan fingerprint density at radius 3 is 2.78 bits per heavy atom. The van der Waals surface area contributed by atoms with Crippen LogP contribution in [0.25, 0.3) is 0 Å². The number of halogens is 1. The van der Waals surface area contributed by atoms with E-state index in [9.17, 15) is 4.39 Å². The first kappa shape index (κ1) is 18.4. The normalized spacial score (nSPS) is 21.0. The highest BCUT2D eigenvalue weighted by Gasteiger charge is 2.25. The molecular formula is C19H31FN2O. The summed E-state index contributed by atoms with van der Waals surface area (Å²) in [7, 11) is 1.81. The molecule has 23 heavy (non-hydrogen) atoms. The Balaban J connectivity index is 1.72. The molecule has 3 nitrogen and oxygen atoms in total. The summed E-state index contributed by atoms with van der Waals surface area (Å²) < 4.78 is 18.9. The zero-order chi connectivity index (χ0) is 16.7. The molecular weight excluding hydrogens is 291 g/mol. The van der Waals surface area contributed by atoms with E-state index in [1.807, 2.05) is 18.2 Å². The van der Waals surface area contributed by atoms with E-state index in [2.05, 4.69) is 24.1 Å². The molecule has 1 saturated heterocycles. The number of piperidine rings is 1. The van der Waals surface area contributed by atoms with Gasteiger partial charge in [0.1, 0.15) is 5.83 Å². The molecule has 0 aromatic carbocycles. The lowest BCUT2D eigenvalue weighted by atomic mass is 10.0. The van der Waals surface area contributed by atoms with Crippen LogP contribution in [0.15, 0.2) is 35.7 Å². The van der Waals surface area contributed by atoms with Gasteiger partial charge in [-0.25, -0.2) is 4.39 Å². The van der Waals surface area contributed by atoms with Crippen molar-refractivity contribution in [1.82, 2.24) is 10.2 Å². The van der Waals surface area contributed by atoms with E-state index in [0.29, 0.717) is 12.5 Å². The first-order valence-corrected chi connectivity index (χ1v) is 8.70. The van der Waals surface area contributed by atoms with Crippen LogP contribution in [0, 0.1) is 0 Å². The Labute approximate surface area is 140 Å². The molecule has 0 unspecified atom stereocenters. The van der Waals surface area contributed by atoms with Gasteiger partial charge in [-0.15, -0.1) is 0 Å². The zero-order valence-corrected chi connectivity index (χ0v) is 14.8. The van der Waals surface area contributed by atoms with Gasteiger partial charge in [0.2, 0.25) is 0 Å². The van der Waals surface area contributed by atoms with Gasteiger partial charge in [0.25, 0.3) is 0 Å². The zero-order valence-electron chi connectivity index (χ0n) is 14.8. The molecule has 1 heterocycles. The maximum absolute atomic E-state index is 13.5. The highest BCUT2D eigenvalue weighted by molar-refractivity contribution is 5.29. The van der Waals surface area contributed by atoms with Crippen molar-refractivity contribution < 1.29 is 9.13 Å². The second-order valence-corrected chi connectivity index (χ2v) is 7.24. The van der Waals surface area contributed by atoms with Crippen LogP contribution in [0.4, 0.5) is 4.39 Å². The summed E-state index contributed by atoms with van der Waals surface area (Å²) in [6, 6.07) is 0. The lowest BCUT2D eigenvalue weighted by molar-refractivity contribution is 0.0341. The van der Waals surface area contributed by atoms with Crippen LogP contribution in [0.1, 0.15) is 39.5 Å². The SMILES string of the molecule is COC1CCN(CC(C)(C)NCCC2=CC=CCC(F)=C2)CC1. The van der Waals surface area contributed by atoms with E-state index in [-0.39, 0.29) is 11.4 Å². The summed E-state index contributed by atoms with van der Waals surface area (Å²) in [6.45, 7) is 8.60. The standard InChI is InChI=1S/C19H31FN2O/c1-19(2,15-22-12-9-18(23-3)10-13-22)21-11-8-16-6-4-5-7-17(20)14-16/h4-6,14,18,21H,7-13,15H2,1-3H3. The fraction of sp³-hybridized carbons (Fsp3) is 0.684. The molecule has 1 N–H and O–H groups in total. The molecule has 1 aliphatic heterocycles. The Kier molecular flexibility index (Phi) is 7.00. The Bertz CT molecular complexity index is 460. The summed E-state index contributed by atoms with van der Waals surface area (Å²) >= 11 is 0. The Morgan fingerprint density at radius 2 is 2.09 bits per heavy atom. The molecule has 0 aromatic rings. The topological polar surface area (TPSA) is 24.5 Å². The van der Waals surface area contributed by atoms with E-state index in [4.69, 9.17) is 4.74 Å². The van der Waals surface area contributed by atoms with Gasteiger partial charge in [-0.2, -0.15) is 0 Å². The van der Waals surface area contributed by atoms with E-state index in [1.165, 1.54) is 0 Å². The predicted octanol–water partition coefficient (Wildman–Crippen LogP) is 3.60. The molecule has 0 spiro atoms. The average Bonchev–Trinajstić information content (AvgIpc) is 2.71. The van der Waals surface area contributed by atoms with Crippen molar-refractivity contribution in [1.29, 1.82) is 0 Å². The largest absolute Gasteiger partial charge is 0.381 e. The number of nitrogens with zero attached hydrogens (tertiary/aromatic N) is 1. The Morgan fingerprint density at radius 1 is 1.35 bits per heavy atom. The predicted molar refractivity (Wildman–Crippen MR) is 94.2 cm³/mol. The van der Waals surface area contributed by atoms with E-state index < -0.39 is 0 Å². The molecule has 1 aliphatic carbocycles. The number of likely N-dealkylation sites (tertiary alicyclic amines) is 1. The van der Waals surface area contributed by atoms with Gasteiger partial charge < -0.3 is 15.0 Å². The van der Waals surface area contributed by atoms with Crippen LogP contribution in [-0.2, 0) is 4.74 Å². The summed E-state index contributed by atoms with van der Waals surface area (Å²) in [5.41, 5.74) is 1.11. The number of ether oxygens (including phenoxy) is 1. The Hall–Kier alpha value is -0.970. The summed E-state index contributed by atoms with van der Waals surface area (Å²) in [5, 5.41) is 3.62. The van der Waals surface area contributed by atoms with Crippen molar-refractivity contribution >= 4 is 0 Å². The van der Waals surface area contributed by atoms with Crippen molar-refractivity contribution in [3.63, 3.8) is 0 Å². The molecule has 2 rings (SSSR count). The monoisotopic (exact) mass is 322 g/mol. The number of methoxy groups -OCH3 is 1. The van der Waals surface area contributed by atoms with E-state index >= 15 is 0 Å². The van der Waals surface area contributed by atoms with Gasteiger partial charge >= 0.3 is 0 Å². The van der Waals surface area contributed by atoms with Crippen LogP contribution in [0.2, 0.25) is 0 Å². The quantitative estimate of drug-likeness (QED) is 0.775.